The van der Waals surface area contributed by atoms with Gasteiger partial charge < -0.3 is 14.8 Å². The molecule has 0 aliphatic carbocycles. The van der Waals surface area contributed by atoms with Gasteiger partial charge in [0.05, 0.1) is 29.3 Å². The monoisotopic (exact) mass is 475 g/mol. The van der Waals surface area contributed by atoms with E-state index in [-0.39, 0.29) is 23.2 Å². The molecule has 0 bridgehead atoms. The number of ether oxygens (including phenoxy) is 2. The number of hydrogen-bond donors (Lipinski definition) is 1. The first-order valence-corrected chi connectivity index (χ1v) is 10.4. The smallest absolute Gasteiger partial charge is 0.337 e. The van der Waals surface area contributed by atoms with Crippen molar-refractivity contribution in [1.29, 1.82) is 0 Å². The first kappa shape index (κ1) is 23.6. The highest BCUT2D eigenvalue weighted by Gasteiger charge is 2.18. The second-order valence-electron chi connectivity index (χ2n) is 6.97. The average molecular weight is 476 g/mol. The van der Waals surface area contributed by atoms with E-state index in [0.717, 1.165) is 5.56 Å². The molecule has 0 saturated heterocycles. The lowest BCUT2D eigenvalue weighted by molar-refractivity contribution is 0.0600. The minimum absolute atomic E-state index is 0.0472. The van der Waals surface area contributed by atoms with Gasteiger partial charge in [-0.05, 0) is 55.0 Å². The van der Waals surface area contributed by atoms with E-state index in [0.29, 0.717) is 21.9 Å². The first-order chi connectivity index (χ1) is 15.3. The molecule has 0 unspecified atom stereocenters. The van der Waals surface area contributed by atoms with Gasteiger partial charge in [0.25, 0.3) is 5.91 Å². The van der Waals surface area contributed by atoms with Crippen LogP contribution in [0.2, 0.25) is 10.0 Å². The van der Waals surface area contributed by atoms with E-state index in [9.17, 15) is 14.0 Å². The second kappa shape index (κ2) is 10.5. The average Bonchev–Trinajstić information content (AvgIpc) is 2.78. The summed E-state index contributed by atoms with van der Waals surface area (Å²) in [5, 5.41) is 3.49. The fourth-order valence-corrected chi connectivity index (χ4v) is 3.38. The highest BCUT2D eigenvalue weighted by molar-refractivity contribution is 6.31. The Kier molecular flexibility index (Phi) is 7.72. The molecule has 0 spiro atoms. The van der Waals surface area contributed by atoms with Crippen molar-refractivity contribution in [3.05, 3.63) is 98.8 Å². The molecule has 0 aliphatic heterocycles. The predicted molar refractivity (Wildman–Crippen MR) is 121 cm³/mol. The Hall–Kier alpha value is -3.09. The molecule has 1 N–H and O–H groups in total. The van der Waals surface area contributed by atoms with E-state index in [4.69, 9.17) is 27.9 Å². The van der Waals surface area contributed by atoms with Crippen LogP contribution < -0.4 is 10.1 Å². The van der Waals surface area contributed by atoms with Crippen LogP contribution in [-0.2, 0) is 11.3 Å². The van der Waals surface area contributed by atoms with Gasteiger partial charge >= 0.3 is 5.97 Å². The maximum Gasteiger partial charge on any atom is 0.337 e. The number of carbonyl (C=O) groups is 2. The molecule has 0 heterocycles. The quantitative estimate of drug-likeness (QED) is 0.426. The first-order valence-electron chi connectivity index (χ1n) is 9.64. The van der Waals surface area contributed by atoms with Gasteiger partial charge in [0.2, 0.25) is 0 Å². The van der Waals surface area contributed by atoms with Crippen LogP contribution in [0.3, 0.4) is 0 Å². The van der Waals surface area contributed by atoms with E-state index in [2.05, 4.69) is 10.1 Å². The molecule has 32 heavy (non-hydrogen) atoms. The molecule has 8 heteroatoms. The number of methoxy groups -OCH3 is 1. The number of esters is 1. The highest BCUT2D eigenvalue weighted by Crippen LogP contribution is 2.26. The molecular weight excluding hydrogens is 456 g/mol. The number of nitrogens with one attached hydrogen (secondary N) is 1. The molecular formula is C24H20Cl2FNO4. The number of benzene rings is 3. The predicted octanol–water partition coefficient (Wildman–Crippen LogP) is 5.99. The molecule has 3 rings (SSSR count). The van der Waals surface area contributed by atoms with Crippen molar-refractivity contribution < 1.29 is 23.5 Å². The summed E-state index contributed by atoms with van der Waals surface area (Å²) in [5.74, 6) is -0.966. The third kappa shape index (κ3) is 5.78. The summed E-state index contributed by atoms with van der Waals surface area (Å²) in [4.78, 5) is 24.5. The molecule has 0 aliphatic rings. The van der Waals surface area contributed by atoms with Crippen molar-refractivity contribution in [2.75, 3.05) is 7.11 Å². The minimum atomic E-state index is -0.445. The lowest BCUT2D eigenvalue weighted by Gasteiger charge is -2.17. The molecule has 0 aromatic heterocycles. The topological polar surface area (TPSA) is 64.6 Å². The van der Waals surface area contributed by atoms with E-state index in [1.807, 2.05) is 6.92 Å². The maximum absolute atomic E-state index is 13.3. The van der Waals surface area contributed by atoms with Crippen LogP contribution in [0, 0.1) is 5.82 Å². The van der Waals surface area contributed by atoms with Gasteiger partial charge in [-0.2, -0.15) is 0 Å². The van der Waals surface area contributed by atoms with Crippen LogP contribution in [0.5, 0.6) is 5.75 Å². The zero-order valence-electron chi connectivity index (χ0n) is 17.3. The standard InChI is InChI=1S/C24H20Cl2FNO4/c1-14(15-3-5-16(6-4-15)24(30)31-2)28-23(29)20-11-18(25)8-10-22(20)32-13-17-7-9-19(27)12-21(17)26/h3-12,14H,13H2,1-2H3,(H,28,29)/t14-/m0/s1. The Labute approximate surface area is 195 Å². The largest absolute Gasteiger partial charge is 0.488 e. The Morgan fingerprint density at radius 3 is 2.41 bits per heavy atom. The van der Waals surface area contributed by atoms with Crippen molar-refractivity contribution >= 4 is 35.1 Å². The summed E-state index contributed by atoms with van der Waals surface area (Å²) >= 11 is 12.1. The van der Waals surface area contributed by atoms with Crippen molar-refractivity contribution in [3.63, 3.8) is 0 Å². The van der Waals surface area contributed by atoms with E-state index < -0.39 is 17.7 Å². The fraction of sp³-hybridized carbons (Fsp3) is 0.167. The lowest BCUT2D eigenvalue weighted by atomic mass is 10.1. The van der Waals surface area contributed by atoms with Crippen molar-refractivity contribution in [2.45, 2.75) is 19.6 Å². The molecule has 1 atom stereocenters. The number of amides is 1. The Bertz CT molecular complexity index is 1140. The van der Waals surface area contributed by atoms with Gasteiger partial charge in [0.1, 0.15) is 18.2 Å². The van der Waals surface area contributed by atoms with Crippen LogP contribution >= 0.6 is 23.2 Å². The molecule has 0 saturated carbocycles. The summed E-state index contributed by atoms with van der Waals surface area (Å²) < 4.78 is 23.7. The second-order valence-corrected chi connectivity index (χ2v) is 7.82. The zero-order valence-corrected chi connectivity index (χ0v) is 18.8. The molecule has 5 nitrogen and oxygen atoms in total. The van der Waals surface area contributed by atoms with Gasteiger partial charge in [-0.15, -0.1) is 0 Å². The Balaban J connectivity index is 1.74. The van der Waals surface area contributed by atoms with Gasteiger partial charge in [0.15, 0.2) is 0 Å². The van der Waals surface area contributed by atoms with E-state index >= 15 is 0 Å². The SMILES string of the molecule is COC(=O)c1ccc([C@H](C)NC(=O)c2cc(Cl)ccc2OCc2ccc(F)cc2Cl)cc1. The molecule has 0 fully saturated rings. The van der Waals surface area contributed by atoms with E-state index in [1.165, 1.54) is 31.4 Å². The maximum atomic E-state index is 13.3. The highest BCUT2D eigenvalue weighted by atomic mass is 35.5. The normalized spacial score (nSPS) is 11.5. The minimum Gasteiger partial charge on any atom is -0.488 e. The van der Waals surface area contributed by atoms with Crippen LogP contribution in [0.25, 0.3) is 0 Å². The Morgan fingerprint density at radius 1 is 1.03 bits per heavy atom. The van der Waals surface area contributed by atoms with Crippen molar-refractivity contribution in [2.24, 2.45) is 0 Å². The molecule has 1 amide bonds. The Morgan fingerprint density at radius 2 is 1.75 bits per heavy atom. The number of carbonyl (C=O) groups excluding carboxylic acids is 2. The van der Waals surface area contributed by atoms with Gasteiger partial charge in [-0.3, -0.25) is 4.79 Å². The summed E-state index contributed by atoms with van der Waals surface area (Å²) in [6, 6.07) is 15.1. The number of halogens is 3. The van der Waals surface area contributed by atoms with Gasteiger partial charge in [0, 0.05) is 10.6 Å². The summed E-state index contributed by atoms with van der Waals surface area (Å²) in [7, 11) is 1.31. The molecule has 3 aromatic rings. The van der Waals surface area contributed by atoms with Crippen molar-refractivity contribution in [1.82, 2.24) is 5.32 Å². The molecule has 166 valence electrons. The van der Waals surface area contributed by atoms with Crippen LogP contribution in [0.4, 0.5) is 4.39 Å². The van der Waals surface area contributed by atoms with E-state index in [1.54, 1.807) is 36.4 Å². The third-order valence-electron chi connectivity index (χ3n) is 4.76. The van der Waals surface area contributed by atoms with Gasteiger partial charge in [-0.1, -0.05) is 41.4 Å². The summed E-state index contributed by atoms with van der Waals surface area (Å²) in [6.45, 7) is 1.86. The van der Waals surface area contributed by atoms with Crippen LogP contribution in [0.15, 0.2) is 60.7 Å². The van der Waals surface area contributed by atoms with Crippen LogP contribution in [0.1, 0.15) is 44.8 Å². The summed E-state index contributed by atoms with van der Waals surface area (Å²) in [5.41, 5.74) is 2.04. The van der Waals surface area contributed by atoms with Crippen molar-refractivity contribution in [3.8, 4) is 5.75 Å². The lowest BCUT2D eigenvalue weighted by Crippen LogP contribution is -2.27. The number of rotatable bonds is 7. The fourth-order valence-electron chi connectivity index (χ4n) is 2.98. The van der Waals surface area contributed by atoms with Gasteiger partial charge in [-0.25, -0.2) is 9.18 Å². The third-order valence-corrected chi connectivity index (χ3v) is 5.35. The molecule has 0 radical (unpaired) electrons. The summed E-state index contributed by atoms with van der Waals surface area (Å²) in [6.07, 6.45) is 0. The molecule has 3 aromatic carbocycles. The number of hydrogen-bond acceptors (Lipinski definition) is 4. The van der Waals surface area contributed by atoms with Crippen LogP contribution in [-0.4, -0.2) is 19.0 Å². The zero-order chi connectivity index (χ0) is 23.3.